The number of pyridine rings is 1. The predicted octanol–water partition coefficient (Wildman–Crippen LogP) is 3.06. The maximum absolute atomic E-state index is 13.6. The van der Waals surface area contributed by atoms with Crippen LogP contribution in [0.15, 0.2) is 73.2 Å². The van der Waals surface area contributed by atoms with E-state index in [9.17, 15) is 9.59 Å². The molecule has 2 aliphatic heterocycles. The number of aromatic nitrogens is 4. The maximum atomic E-state index is 13.6. The number of piperazine rings is 1. The van der Waals surface area contributed by atoms with Gasteiger partial charge in [-0.05, 0) is 43.2 Å². The van der Waals surface area contributed by atoms with Gasteiger partial charge in [-0.15, -0.1) is 0 Å². The van der Waals surface area contributed by atoms with E-state index in [0.717, 1.165) is 30.7 Å². The van der Waals surface area contributed by atoms with Crippen LogP contribution in [-0.4, -0.2) is 73.7 Å². The molecule has 182 valence electrons. The maximum Gasteiger partial charge on any atom is 0.274 e. The number of anilines is 1. The van der Waals surface area contributed by atoms with Crippen molar-refractivity contribution in [2.75, 3.05) is 37.6 Å². The number of rotatable bonds is 4. The standard InChI is InChI=1S/C27H27N7O2/c35-25(20-8-2-1-3-9-20)31-16-18-32(19-17-31)26(36)23-21-10-4-5-14-33(21)24(30-23)22-11-6-15-34(22)27-28-12-7-13-29-27/h1-5,7-10,12-14,22H,6,11,15-19H2/t22-/m1/s1. The van der Waals surface area contributed by atoms with E-state index in [1.165, 1.54) is 0 Å². The van der Waals surface area contributed by atoms with Crippen molar-refractivity contribution in [3.8, 4) is 0 Å². The van der Waals surface area contributed by atoms with Gasteiger partial charge in [0, 0.05) is 56.9 Å². The first-order valence-electron chi connectivity index (χ1n) is 12.3. The number of fused-ring (bicyclic) bond motifs is 1. The Bertz CT molecular complexity index is 1380. The smallest absolute Gasteiger partial charge is 0.274 e. The Morgan fingerprint density at radius 2 is 1.47 bits per heavy atom. The Labute approximate surface area is 209 Å². The van der Waals surface area contributed by atoms with Gasteiger partial charge in [0.15, 0.2) is 5.69 Å². The molecule has 1 aromatic carbocycles. The van der Waals surface area contributed by atoms with Crippen LogP contribution in [0.5, 0.6) is 0 Å². The summed E-state index contributed by atoms with van der Waals surface area (Å²) in [6, 6.07) is 16.9. The second-order valence-electron chi connectivity index (χ2n) is 9.13. The highest BCUT2D eigenvalue weighted by molar-refractivity contribution is 5.99. The Kier molecular flexibility index (Phi) is 5.80. The predicted molar refractivity (Wildman–Crippen MR) is 135 cm³/mol. The average molecular weight is 482 g/mol. The van der Waals surface area contributed by atoms with Gasteiger partial charge in [0.1, 0.15) is 5.82 Å². The zero-order chi connectivity index (χ0) is 24.5. The number of imidazole rings is 1. The summed E-state index contributed by atoms with van der Waals surface area (Å²) in [5.74, 6) is 1.41. The van der Waals surface area contributed by atoms with E-state index in [0.29, 0.717) is 43.4 Å². The van der Waals surface area contributed by atoms with E-state index in [2.05, 4.69) is 14.9 Å². The lowest BCUT2D eigenvalue weighted by atomic mass is 10.2. The van der Waals surface area contributed by atoms with Crippen molar-refractivity contribution in [2.45, 2.75) is 18.9 Å². The minimum absolute atomic E-state index is 0.00174. The first-order chi connectivity index (χ1) is 17.7. The van der Waals surface area contributed by atoms with Crippen LogP contribution in [0.2, 0.25) is 0 Å². The third kappa shape index (κ3) is 3.96. The number of nitrogens with zero attached hydrogens (tertiary/aromatic N) is 7. The lowest BCUT2D eigenvalue weighted by Gasteiger charge is -2.34. The second-order valence-corrected chi connectivity index (χ2v) is 9.13. The minimum atomic E-state index is -0.0998. The van der Waals surface area contributed by atoms with Crippen molar-refractivity contribution < 1.29 is 9.59 Å². The van der Waals surface area contributed by atoms with Gasteiger partial charge >= 0.3 is 0 Å². The summed E-state index contributed by atoms with van der Waals surface area (Å²) in [7, 11) is 0. The molecule has 0 aliphatic carbocycles. The van der Waals surface area contributed by atoms with Crippen LogP contribution in [0.1, 0.15) is 45.6 Å². The molecule has 2 amide bonds. The Balaban J connectivity index is 1.24. The number of amides is 2. The summed E-state index contributed by atoms with van der Waals surface area (Å²) in [4.78, 5) is 46.1. The summed E-state index contributed by atoms with van der Waals surface area (Å²) in [5.41, 5.74) is 1.92. The van der Waals surface area contributed by atoms with Crippen molar-refractivity contribution in [3.63, 3.8) is 0 Å². The average Bonchev–Trinajstić information content (AvgIpc) is 3.58. The molecule has 36 heavy (non-hydrogen) atoms. The Hall–Kier alpha value is -4.27. The van der Waals surface area contributed by atoms with Crippen molar-refractivity contribution in [1.29, 1.82) is 0 Å². The number of benzene rings is 1. The van der Waals surface area contributed by atoms with E-state index in [1.54, 1.807) is 17.3 Å². The fourth-order valence-electron chi connectivity index (χ4n) is 5.19. The fourth-order valence-corrected chi connectivity index (χ4v) is 5.19. The fraction of sp³-hybridized carbons (Fsp3) is 0.296. The first-order valence-corrected chi connectivity index (χ1v) is 12.3. The molecule has 0 unspecified atom stereocenters. The van der Waals surface area contributed by atoms with Crippen LogP contribution >= 0.6 is 0 Å². The summed E-state index contributed by atoms with van der Waals surface area (Å²) in [5, 5.41) is 0. The van der Waals surface area contributed by atoms with Gasteiger partial charge in [0.25, 0.3) is 11.8 Å². The van der Waals surface area contributed by atoms with Gasteiger partial charge in [-0.3, -0.25) is 9.59 Å². The molecule has 2 saturated heterocycles. The van der Waals surface area contributed by atoms with Crippen molar-refractivity contribution in [3.05, 3.63) is 90.3 Å². The van der Waals surface area contributed by atoms with E-state index in [1.807, 2.05) is 70.1 Å². The van der Waals surface area contributed by atoms with Gasteiger partial charge in [0.05, 0.1) is 11.6 Å². The molecule has 0 spiro atoms. The van der Waals surface area contributed by atoms with Crippen LogP contribution in [0.4, 0.5) is 5.95 Å². The van der Waals surface area contributed by atoms with Crippen LogP contribution in [-0.2, 0) is 0 Å². The molecule has 9 nitrogen and oxygen atoms in total. The second kappa shape index (κ2) is 9.41. The third-order valence-corrected chi connectivity index (χ3v) is 7.01. The molecular formula is C27H27N7O2. The molecule has 5 heterocycles. The topological polar surface area (TPSA) is 86.9 Å². The van der Waals surface area contributed by atoms with Crippen molar-refractivity contribution in [2.24, 2.45) is 0 Å². The third-order valence-electron chi connectivity index (χ3n) is 7.01. The number of hydrogen-bond donors (Lipinski definition) is 0. The van der Waals surface area contributed by atoms with Crippen LogP contribution in [0, 0.1) is 0 Å². The van der Waals surface area contributed by atoms with Gasteiger partial charge in [-0.2, -0.15) is 0 Å². The molecule has 2 fully saturated rings. The number of carbonyl (C=O) groups excluding carboxylic acids is 2. The molecule has 0 N–H and O–H groups in total. The molecule has 3 aromatic heterocycles. The molecule has 9 heteroatoms. The lowest BCUT2D eigenvalue weighted by molar-refractivity contribution is 0.0533. The normalized spacial score (nSPS) is 18.1. The molecule has 0 bridgehead atoms. The Morgan fingerprint density at radius 3 is 2.22 bits per heavy atom. The minimum Gasteiger partial charge on any atom is -0.335 e. The largest absolute Gasteiger partial charge is 0.335 e. The zero-order valence-corrected chi connectivity index (χ0v) is 19.9. The van der Waals surface area contributed by atoms with Gasteiger partial charge in [0.2, 0.25) is 5.95 Å². The van der Waals surface area contributed by atoms with E-state index in [-0.39, 0.29) is 17.9 Å². The summed E-state index contributed by atoms with van der Waals surface area (Å²) < 4.78 is 2.02. The SMILES string of the molecule is O=C(c1ccccc1)N1CCN(C(=O)c2nc([C@H]3CCCN3c3ncccn3)n3ccccc23)CC1. The highest BCUT2D eigenvalue weighted by atomic mass is 16.2. The van der Waals surface area contributed by atoms with Gasteiger partial charge < -0.3 is 19.1 Å². The van der Waals surface area contributed by atoms with Crippen LogP contribution in [0.25, 0.3) is 5.52 Å². The first kappa shape index (κ1) is 22.2. The molecule has 2 aliphatic rings. The quantitative estimate of drug-likeness (QED) is 0.445. The van der Waals surface area contributed by atoms with E-state index < -0.39 is 0 Å². The monoisotopic (exact) mass is 481 g/mol. The van der Waals surface area contributed by atoms with E-state index >= 15 is 0 Å². The van der Waals surface area contributed by atoms with Gasteiger partial charge in [-0.25, -0.2) is 15.0 Å². The Morgan fingerprint density at radius 1 is 0.778 bits per heavy atom. The van der Waals surface area contributed by atoms with Crippen LogP contribution in [0.3, 0.4) is 0 Å². The summed E-state index contributed by atoms with van der Waals surface area (Å²) >= 11 is 0. The highest BCUT2D eigenvalue weighted by Crippen LogP contribution is 2.35. The lowest BCUT2D eigenvalue weighted by Crippen LogP contribution is -2.50. The summed E-state index contributed by atoms with van der Waals surface area (Å²) in [6.07, 6.45) is 7.38. The highest BCUT2D eigenvalue weighted by Gasteiger charge is 2.34. The number of hydrogen-bond acceptors (Lipinski definition) is 6. The van der Waals surface area contributed by atoms with E-state index in [4.69, 9.17) is 4.98 Å². The van der Waals surface area contributed by atoms with Crippen LogP contribution < -0.4 is 4.90 Å². The molecular weight excluding hydrogens is 454 g/mol. The molecule has 0 saturated carbocycles. The van der Waals surface area contributed by atoms with Crippen molar-refractivity contribution >= 4 is 23.3 Å². The summed E-state index contributed by atoms with van der Waals surface area (Å²) in [6.45, 7) is 2.80. The van der Waals surface area contributed by atoms with Crippen molar-refractivity contribution in [1.82, 2.24) is 29.2 Å². The zero-order valence-electron chi connectivity index (χ0n) is 19.9. The molecule has 4 aromatic rings. The molecule has 1 atom stereocenters. The molecule has 6 rings (SSSR count). The van der Waals surface area contributed by atoms with Gasteiger partial charge in [-0.1, -0.05) is 24.3 Å². The molecule has 0 radical (unpaired) electrons. The number of carbonyl (C=O) groups is 2.